The first-order valence-electron chi connectivity index (χ1n) is 6.66. The van der Waals surface area contributed by atoms with Crippen molar-refractivity contribution in [3.05, 3.63) is 23.2 Å². The monoisotopic (exact) mass is 312 g/mol. The summed E-state index contributed by atoms with van der Waals surface area (Å²) < 4.78 is 0. The number of hydrogen-bond donors (Lipinski definition) is 3. The summed E-state index contributed by atoms with van der Waals surface area (Å²) in [4.78, 5) is 24.8. The fourth-order valence-electron chi connectivity index (χ4n) is 1.76. The van der Waals surface area contributed by atoms with Gasteiger partial charge in [0.05, 0.1) is 17.3 Å². The number of nitrogens with one attached hydrogen (secondary N) is 2. The van der Waals surface area contributed by atoms with Gasteiger partial charge >= 0.3 is 0 Å². The molecule has 0 radical (unpaired) electrons. The van der Waals surface area contributed by atoms with Gasteiger partial charge in [0.1, 0.15) is 0 Å². The summed E-state index contributed by atoms with van der Waals surface area (Å²) in [7, 11) is 3.43. The lowest BCUT2D eigenvalue weighted by Gasteiger charge is -2.15. The molecule has 2 amide bonds. The highest BCUT2D eigenvalue weighted by Crippen LogP contribution is 2.24. The maximum Gasteiger partial charge on any atom is 0.233 e. The van der Waals surface area contributed by atoms with Crippen molar-refractivity contribution in [2.75, 3.05) is 38.2 Å². The van der Waals surface area contributed by atoms with Crippen LogP contribution in [-0.2, 0) is 9.59 Å². The van der Waals surface area contributed by atoms with Gasteiger partial charge in [0.15, 0.2) is 0 Å². The van der Waals surface area contributed by atoms with Crippen LogP contribution in [0.3, 0.4) is 0 Å². The number of hydrogen-bond acceptors (Lipinski definition) is 4. The number of rotatable bonds is 7. The Morgan fingerprint density at radius 3 is 2.67 bits per heavy atom. The van der Waals surface area contributed by atoms with E-state index in [1.165, 1.54) is 0 Å². The summed E-state index contributed by atoms with van der Waals surface area (Å²) in [6, 6.07) is 4.94. The van der Waals surface area contributed by atoms with Crippen molar-refractivity contribution < 1.29 is 9.59 Å². The van der Waals surface area contributed by atoms with E-state index in [0.29, 0.717) is 42.3 Å². The molecule has 0 fully saturated rings. The van der Waals surface area contributed by atoms with Crippen molar-refractivity contribution in [3.8, 4) is 0 Å². The number of halogens is 1. The van der Waals surface area contributed by atoms with Gasteiger partial charge in [0, 0.05) is 19.2 Å². The van der Waals surface area contributed by atoms with E-state index in [4.69, 9.17) is 17.3 Å². The number of carbonyl (C=O) groups excluding carboxylic acids is 2. The molecule has 0 heterocycles. The van der Waals surface area contributed by atoms with Crippen LogP contribution in [0.2, 0.25) is 5.02 Å². The van der Waals surface area contributed by atoms with Crippen LogP contribution < -0.4 is 16.4 Å². The average Bonchev–Trinajstić information content (AvgIpc) is 2.41. The minimum atomic E-state index is -0.116. The standard InChI is InChI=1S/C14H21ClN4O2/c1-17-14(21)9-19(2)7-3-4-13(20)18-12-6-5-10(16)8-11(12)15/h5-6,8H,3-4,7,9,16H2,1-2H3,(H,17,21)(H,18,20). The van der Waals surface area contributed by atoms with E-state index < -0.39 is 0 Å². The molecule has 1 aromatic rings. The molecular formula is C14H21ClN4O2. The van der Waals surface area contributed by atoms with Gasteiger partial charge in [-0.2, -0.15) is 0 Å². The quantitative estimate of drug-likeness (QED) is 0.663. The molecule has 0 saturated heterocycles. The lowest BCUT2D eigenvalue weighted by molar-refractivity contribution is -0.121. The van der Waals surface area contributed by atoms with Crippen molar-refractivity contribution in [1.29, 1.82) is 0 Å². The second kappa shape index (κ2) is 8.49. The highest BCUT2D eigenvalue weighted by molar-refractivity contribution is 6.34. The molecule has 0 bridgehead atoms. The summed E-state index contributed by atoms with van der Waals surface area (Å²) in [5, 5.41) is 5.71. The molecule has 0 aliphatic heterocycles. The first kappa shape index (κ1) is 17.3. The van der Waals surface area contributed by atoms with Crippen LogP contribution in [0.4, 0.5) is 11.4 Å². The second-order valence-electron chi connectivity index (χ2n) is 4.80. The number of nitrogens with two attached hydrogens (primary N) is 1. The molecule has 7 heteroatoms. The summed E-state index contributed by atoms with van der Waals surface area (Å²) in [5.74, 6) is -0.161. The lowest BCUT2D eigenvalue weighted by Crippen LogP contribution is -2.33. The molecule has 116 valence electrons. The van der Waals surface area contributed by atoms with Gasteiger partial charge in [0.25, 0.3) is 0 Å². The van der Waals surface area contributed by atoms with Crippen molar-refractivity contribution >= 4 is 34.8 Å². The van der Waals surface area contributed by atoms with E-state index in [1.54, 1.807) is 25.2 Å². The molecule has 4 N–H and O–H groups in total. The number of likely N-dealkylation sites (N-methyl/N-ethyl adjacent to an activating group) is 2. The predicted octanol–water partition coefficient (Wildman–Crippen LogP) is 1.32. The highest BCUT2D eigenvalue weighted by atomic mass is 35.5. The zero-order valence-corrected chi connectivity index (χ0v) is 13.0. The van der Waals surface area contributed by atoms with Crippen LogP contribution >= 0.6 is 11.6 Å². The molecule has 0 spiro atoms. The molecule has 0 aromatic heterocycles. The summed E-state index contributed by atoms with van der Waals surface area (Å²) >= 11 is 5.98. The zero-order chi connectivity index (χ0) is 15.8. The third-order valence-corrected chi connectivity index (χ3v) is 3.22. The Morgan fingerprint density at radius 2 is 2.05 bits per heavy atom. The van der Waals surface area contributed by atoms with E-state index in [9.17, 15) is 9.59 Å². The summed E-state index contributed by atoms with van der Waals surface area (Å²) in [5.41, 5.74) is 6.69. The maximum atomic E-state index is 11.8. The molecule has 0 aliphatic rings. The van der Waals surface area contributed by atoms with E-state index >= 15 is 0 Å². The van der Waals surface area contributed by atoms with Crippen LogP contribution in [0, 0.1) is 0 Å². The Bertz CT molecular complexity index is 508. The van der Waals surface area contributed by atoms with E-state index in [0.717, 1.165) is 0 Å². The Hall–Kier alpha value is -1.79. The predicted molar refractivity (Wildman–Crippen MR) is 85.3 cm³/mol. The van der Waals surface area contributed by atoms with Crippen molar-refractivity contribution in [3.63, 3.8) is 0 Å². The fraction of sp³-hybridized carbons (Fsp3) is 0.429. The second-order valence-corrected chi connectivity index (χ2v) is 5.21. The Kier molecular flexibility index (Phi) is 6.98. The molecule has 6 nitrogen and oxygen atoms in total. The third kappa shape index (κ3) is 6.46. The van der Waals surface area contributed by atoms with Crippen molar-refractivity contribution in [2.24, 2.45) is 0 Å². The van der Waals surface area contributed by atoms with Crippen molar-refractivity contribution in [2.45, 2.75) is 12.8 Å². The smallest absolute Gasteiger partial charge is 0.233 e. The minimum absolute atomic E-state index is 0.0457. The molecule has 0 saturated carbocycles. The van der Waals surface area contributed by atoms with Gasteiger partial charge in [-0.3, -0.25) is 14.5 Å². The topological polar surface area (TPSA) is 87.5 Å². The van der Waals surface area contributed by atoms with Crippen LogP contribution in [0.15, 0.2) is 18.2 Å². The number of anilines is 2. The van der Waals surface area contributed by atoms with E-state index in [1.807, 2.05) is 11.9 Å². The Morgan fingerprint density at radius 1 is 1.33 bits per heavy atom. The highest BCUT2D eigenvalue weighted by Gasteiger charge is 2.08. The SMILES string of the molecule is CNC(=O)CN(C)CCCC(=O)Nc1ccc(N)cc1Cl. The number of carbonyl (C=O) groups is 2. The average molecular weight is 313 g/mol. The normalized spacial score (nSPS) is 10.5. The minimum Gasteiger partial charge on any atom is -0.399 e. The molecule has 21 heavy (non-hydrogen) atoms. The summed E-state index contributed by atoms with van der Waals surface area (Å²) in [6.07, 6.45) is 1.02. The third-order valence-electron chi connectivity index (χ3n) is 2.90. The van der Waals surface area contributed by atoms with E-state index in [-0.39, 0.29) is 11.8 Å². The largest absolute Gasteiger partial charge is 0.399 e. The van der Waals surface area contributed by atoms with E-state index in [2.05, 4.69) is 10.6 Å². The van der Waals surface area contributed by atoms with Gasteiger partial charge in [-0.15, -0.1) is 0 Å². The fourth-order valence-corrected chi connectivity index (χ4v) is 1.99. The van der Waals surface area contributed by atoms with Gasteiger partial charge < -0.3 is 16.4 Å². The molecule has 0 aliphatic carbocycles. The van der Waals surface area contributed by atoms with Crippen molar-refractivity contribution in [1.82, 2.24) is 10.2 Å². The van der Waals surface area contributed by atoms with Gasteiger partial charge in [-0.1, -0.05) is 11.6 Å². The molecule has 1 aromatic carbocycles. The van der Waals surface area contributed by atoms with Gasteiger partial charge in [0.2, 0.25) is 11.8 Å². The Balaban J connectivity index is 2.33. The van der Waals surface area contributed by atoms with Gasteiger partial charge in [-0.25, -0.2) is 0 Å². The lowest BCUT2D eigenvalue weighted by atomic mass is 10.2. The Labute approximate surface area is 129 Å². The zero-order valence-electron chi connectivity index (χ0n) is 12.3. The molecule has 0 atom stereocenters. The first-order chi connectivity index (χ1) is 9.92. The number of nitrogens with zero attached hydrogens (tertiary/aromatic N) is 1. The van der Waals surface area contributed by atoms with Gasteiger partial charge in [-0.05, 0) is 38.2 Å². The van der Waals surface area contributed by atoms with Crippen LogP contribution in [0.5, 0.6) is 0 Å². The molecular weight excluding hydrogens is 292 g/mol. The van der Waals surface area contributed by atoms with Crippen LogP contribution in [0.25, 0.3) is 0 Å². The van der Waals surface area contributed by atoms with Crippen LogP contribution in [-0.4, -0.2) is 43.9 Å². The van der Waals surface area contributed by atoms with Crippen LogP contribution in [0.1, 0.15) is 12.8 Å². The maximum absolute atomic E-state index is 11.8. The molecule has 1 rings (SSSR count). The number of benzene rings is 1. The first-order valence-corrected chi connectivity index (χ1v) is 7.04. The molecule has 0 unspecified atom stereocenters. The summed E-state index contributed by atoms with van der Waals surface area (Å²) in [6.45, 7) is 0.984. The number of amides is 2. The number of nitrogen functional groups attached to an aromatic ring is 1.